The topological polar surface area (TPSA) is 12.0 Å². The van der Waals surface area contributed by atoms with E-state index in [9.17, 15) is 4.39 Å². The minimum atomic E-state index is -0.145. The van der Waals surface area contributed by atoms with Gasteiger partial charge in [0.1, 0.15) is 5.82 Å². The minimum absolute atomic E-state index is 0.145. The van der Waals surface area contributed by atoms with Crippen molar-refractivity contribution in [3.63, 3.8) is 0 Å². The Balaban J connectivity index is 1.72. The highest BCUT2D eigenvalue weighted by Crippen LogP contribution is 2.60. The van der Waals surface area contributed by atoms with Gasteiger partial charge < -0.3 is 5.32 Å². The van der Waals surface area contributed by atoms with Crippen LogP contribution in [0.2, 0.25) is 5.02 Å². The van der Waals surface area contributed by atoms with Gasteiger partial charge in [0.25, 0.3) is 0 Å². The molecule has 0 aromatic heterocycles. The fourth-order valence-corrected chi connectivity index (χ4v) is 4.12. The largest absolute Gasteiger partial charge is 0.316 e. The molecule has 0 aliphatic heterocycles. The Labute approximate surface area is 125 Å². The van der Waals surface area contributed by atoms with E-state index in [1.165, 1.54) is 25.3 Å². The molecule has 2 fully saturated rings. The van der Waals surface area contributed by atoms with E-state index < -0.39 is 0 Å². The fourth-order valence-electron chi connectivity index (χ4n) is 3.96. The molecule has 0 heterocycles. The van der Waals surface area contributed by atoms with Gasteiger partial charge >= 0.3 is 0 Å². The molecule has 3 heteroatoms. The first-order chi connectivity index (χ1) is 9.62. The second kappa shape index (κ2) is 5.65. The third-order valence-corrected chi connectivity index (χ3v) is 5.20. The molecular formula is C17H23ClFN. The quantitative estimate of drug-likeness (QED) is 0.765. The van der Waals surface area contributed by atoms with Crippen molar-refractivity contribution in [3.8, 4) is 0 Å². The van der Waals surface area contributed by atoms with Crippen LogP contribution in [0.3, 0.4) is 0 Å². The van der Waals surface area contributed by atoms with Crippen molar-refractivity contribution in [3.05, 3.63) is 34.6 Å². The molecule has 1 nitrogen and oxygen atoms in total. The smallest absolute Gasteiger partial charge is 0.127 e. The van der Waals surface area contributed by atoms with E-state index in [1.807, 2.05) is 12.1 Å². The summed E-state index contributed by atoms with van der Waals surface area (Å²) in [6.45, 7) is 4.26. The summed E-state index contributed by atoms with van der Waals surface area (Å²) in [6.07, 6.45) is 5.92. The predicted octanol–water partition coefficient (Wildman–Crippen LogP) is 4.44. The summed E-state index contributed by atoms with van der Waals surface area (Å²) in [6, 6.07) is 5.12. The van der Waals surface area contributed by atoms with Crippen LogP contribution in [0.15, 0.2) is 18.2 Å². The highest BCUT2D eigenvalue weighted by Gasteiger charge is 2.53. The normalized spacial score (nSPS) is 31.4. The van der Waals surface area contributed by atoms with Crippen LogP contribution >= 0.6 is 11.6 Å². The van der Waals surface area contributed by atoms with Crippen LogP contribution in [0, 0.1) is 23.1 Å². The molecule has 1 N–H and O–H groups in total. The van der Waals surface area contributed by atoms with Crippen LogP contribution in [0.5, 0.6) is 0 Å². The highest BCUT2D eigenvalue weighted by atomic mass is 35.5. The van der Waals surface area contributed by atoms with Crippen LogP contribution in [-0.2, 0) is 6.42 Å². The number of hydrogen-bond acceptors (Lipinski definition) is 1. The number of nitrogens with one attached hydrogen (secondary N) is 1. The van der Waals surface area contributed by atoms with E-state index in [4.69, 9.17) is 11.6 Å². The monoisotopic (exact) mass is 295 g/mol. The number of halogens is 2. The SMILES string of the molecule is CCCNCC1(Cc2ccc(Cl)cc2F)CC2CC2C1. The third kappa shape index (κ3) is 3.01. The van der Waals surface area contributed by atoms with Crippen molar-refractivity contribution >= 4 is 11.6 Å². The Kier molecular flexibility index (Phi) is 4.05. The molecule has 1 aromatic rings. The summed E-state index contributed by atoms with van der Waals surface area (Å²) in [5.74, 6) is 1.68. The molecule has 2 aliphatic carbocycles. The second-order valence-electron chi connectivity index (χ2n) is 6.75. The number of hydrogen-bond donors (Lipinski definition) is 1. The van der Waals surface area contributed by atoms with Crippen LogP contribution < -0.4 is 5.32 Å². The molecule has 2 aliphatic rings. The summed E-state index contributed by atoms with van der Waals surface area (Å²) >= 11 is 5.85. The van der Waals surface area contributed by atoms with E-state index in [1.54, 1.807) is 0 Å². The average Bonchev–Trinajstić information content (AvgIpc) is 3.02. The molecule has 110 valence electrons. The zero-order chi connectivity index (χ0) is 14.2. The first kappa shape index (κ1) is 14.3. The number of benzene rings is 1. The standard InChI is InChI=1S/C17H23ClFN/c1-2-5-20-11-17(9-13-6-14(13)10-17)8-12-3-4-15(18)7-16(12)19/h3-4,7,13-14,20H,2,5-6,8-11H2,1H3. The Morgan fingerprint density at radius 1 is 1.35 bits per heavy atom. The summed E-state index contributed by atoms with van der Waals surface area (Å²) in [5, 5.41) is 4.05. The van der Waals surface area contributed by atoms with Gasteiger partial charge in [-0.25, -0.2) is 4.39 Å². The lowest BCUT2D eigenvalue weighted by Crippen LogP contribution is -2.35. The summed E-state index contributed by atoms with van der Waals surface area (Å²) in [7, 11) is 0. The van der Waals surface area contributed by atoms with Crippen LogP contribution in [0.4, 0.5) is 4.39 Å². The number of fused-ring (bicyclic) bond motifs is 1. The summed E-state index contributed by atoms with van der Waals surface area (Å²) in [4.78, 5) is 0. The van der Waals surface area contributed by atoms with Gasteiger partial charge in [0, 0.05) is 11.6 Å². The Morgan fingerprint density at radius 3 is 2.75 bits per heavy atom. The third-order valence-electron chi connectivity index (χ3n) is 4.97. The van der Waals surface area contributed by atoms with Gasteiger partial charge in [0.15, 0.2) is 0 Å². The lowest BCUT2D eigenvalue weighted by Gasteiger charge is -2.32. The molecule has 2 atom stereocenters. The Morgan fingerprint density at radius 2 is 2.10 bits per heavy atom. The van der Waals surface area contributed by atoms with E-state index in [-0.39, 0.29) is 11.2 Å². The molecule has 0 radical (unpaired) electrons. The molecule has 1 aromatic carbocycles. The molecule has 0 bridgehead atoms. The number of rotatable bonds is 6. The van der Waals surface area contributed by atoms with Gasteiger partial charge in [-0.2, -0.15) is 0 Å². The summed E-state index contributed by atoms with van der Waals surface area (Å²) in [5.41, 5.74) is 1.09. The maximum absolute atomic E-state index is 14.1. The van der Waals surface area contributed by atoms with Gasteiger partial charge in [-0.15, -0.1) is 0 Å². The molecule has 2 unspecified atom stereocenters. The van der Waals surface area contributed by atoms with Crippen molar-refractivity contribution in [2.45, 2.75) is 39.0 Å². The van der Waals surface area contributed by atoms with Crippen molar-refractivity contribution < 1.29 is 4.39 Å². The molecule has 2 saturated carbocycles. The van der Waals surface area contributed by atoms with E-state index >= 15 is 0 Å². The Hall–Kier alpha value is -0.600. The molecule has 3 rings (SSSR count). The first-order valence-corrected chi connectivity index (χ1v) is 8.14. The van der Waals surface area contributed by atoms with Gasteiger partial charge in [-0.1, -0.05) is 24.6 Å². The van der Waals surface area contributed by atoms with E-state index in [0.29, 0.717) is 5.02 Å². The molecule has 0 amide bonds. The average molecular weight is 296 g/mol. The summed E-state index contributed by atoms with van der Waals surface area (Å²) < 4.78 is 14.1. The van der Waals surface area contributed by atoms with Crippen molar-refractivity contribution in [1.29, 1.82) is 0 Å². The van der Waals surface area contributed by atoms with Crippen LogP contribution in [-0.4, -0.2) is 13.1 Å². The van der Waals surface area contributed by atoms with Crippen LogP contribution in [0.25, 0.3) is 0 Å². The Bertz CT molecular complexity index is 478. The molecule has 20 heavy (non-hydrogen) atoms. The lowest BCUT2D eigenvalue weighted by molar-refractivity contribution is 0.246. The first-order valence-electron chi connectivity index (χ1n) is 7.76. The molecular weight excluding hydrogens is 273 g/mol. The van der Waals surface area contributed by atoms with Crippen molar-refractivity contribution in [1.82, 2.24) is 5.32 Å². The molecule has 0 spiro atoms. The van der Waals surface area contributed by atoms with Crippen LogP contribution in [0.1, 0.15) is 38.2 Å². The maximum Gasteiger partial charge on any atom is 0.127 e. The highest BCUT2D eigenvalue weighted by molar-refractivity contribution is 6.30. The lowest BCUT2D eigenvalue weighted by atomic mass is 9.77. The second-order valence-corrected chi connectivity index (χ2v) is 7.19. The molecule has 0 saturated heterocycles. The van der Waals surface area contributed by atoms with Crippen molar-refractivity contribution in [2.75, 3.05) is 13.1 Å². The van der Waals surface area contributed by atoms with Gasteiger partial charge in [-0.3, -0.25) is 0 Å². The van der Waals surface area contributed by atoms with Crippen molar-refractivity contribution in [2.24, 2.45) is 17.3 Å². The van der Waals surface area contributed by atoms with Gasteiger partial charge in [0.2, 0.25) is 0 Å². The maximum atomic E-state index is 14.1. The predicted molar refractivity (Wildman–Crippen MR) is 81.5 cm³/mol. The van der Waals surface area contributed by atoms with E-state index in [0.717, 1.165) is 43.3 Å². The van der Waals surface area contributed by atoms with E-state index in [2.05, 4.69) is 12.2 Å². The van der Waals surface area contributed by atoms with Gasteiger partial charge in [0.05, 0.1) is 0 Å². The zero-order valence-corrected chi connectivity index (χ0v) is 12.8. The zero-order valence-electron chi connectivity index (χ0n) is 12.1. The minimum Gasteiger partial charge on any atom is -0.316 e. The van der Waals surface area contributed by atoms with Gasteiger partial charge in [-0.05, 0) is 73.6 Å². The fraction of sp³-hybridized carbons (Fsp3) is 0.647.